The number of rotatable bonds is 18. The van der Waals surface area contributed by atoms with Crippen LogP contribution in [0.15, 0.2) is 0 Å². The Hall–Kier alpha value is -4.28. The van der Waals surface area contributed by atoms with E-state index in [4.69, 9.17) is 27.4 Å². The van der Waals surface area contributed by atoms with Gasteiger partial charge in [-0.3, -0.25) is 33.6 Å². The van der Waals surface area contributed by atoms with E-state index in [-0.39, 0.29) is 0 Å². The first-order chi connectivity index (χ1) is 16.6. The highest BCUT2D eigenvalue weighted by Gasteiger charge is 2.31. The SMILES string of the molecule is NC(=O)CCC(NC(=O)C(CCC(=O)O)NC(=O)C(N)CC(N)=O)C(=O)NC(CCC(=O)O)C(=O)O. The Morgan fingerprint density at radius 3 is 1.36 bits per heavy atom. The first-order valence-electron chi connectivity index (χ1n) is 10.5. The number of hydrogen-bond donors (Lipinski definition) is 9. The third-order valence-corrected chi connectivity index (χ3v) is 4.61. The number of carbonyl (C=O) groups is 8. The van der Waals surface area contributed by atoms with Gasteiger partial charge in [0.05, 0.1) is 12.5 Å². The fourth-order valence-corrected chi connectivity index (χ4v) is 2.75. The molecule has 0 bridgehead atoms. The van der Waals surface area contributed by atoms with Crippen molar-refractivity contribution in [3.63, 3.8) is 0 Å². The summed E-state index contributed by atoms with van der Waals surface area (Å²) < 4.78 is 0. The van der Waals surface area contributed by atoms with Crippen molar-refractivity contribution in [3.05, 3.63) is 0 Å². The number of carbonyl (C=O) groups excluding carboxylic acids is 5. The van der Waals surface area contributed by atoms with Gasteiger partial charge in [-0.15, -0.1) is 0 Å². The number of nitrogens with one attached hydrogen (secondary N) is 3. The lowest BCUT2D eigenvalue weighted by Crippen LogP contribution is -2.57. The highest BCUT2D eigenvalue weighted by molar-refractivity contribution is 5.95. The average Bonchev–Trinajstić information content (AvgIpc) is 2.75. The van der Waals surface area contributed by atoms with E-state index in [1.54, 1.807) is 0 Å². The van der Waals surface area contributed by atoms with E-state index in [1.807, 2.05) is 5.32 Å². The van der Waals surface area contributed by atoms with Gasteiger partial charge in [-0.05, 0) is 19.3 Å². The van der Waals surface area contributed by atoms with Crippen LogP contribution in [-0.4, -0.2) is 86.9 Å². The van der Waals surface area contributed by atoms with Gasteiger partial charge in [0, 0.05) is 19.3 Å². The van der Waals surface area contributed by atoms with Crippen molar-refractivity contribution in [2.75, 3.05) is 0 Å². The second-order valence-corrected chi connectivity index (χ2v) is 7.67. The predicted octanol–water partition coefficient (Wildman–Crippen LogP) is -4.28. The maximum absolute atomic E-state index is 12.8. The highest BCUT2D eigenvalue weighted by Crippen LogP contribution is 2.06. The van der Waals surface area contributed by atoms with Crippen LogP contribution in [0, 0.1) is 0 Å². The van der Waals surface area contributed by atoms with E-state index in [9.17, 15) is 43.5 Å². The first kappa shape index (κ1) is 31.7. The van der Waals surface area contributed by atoms with Gasteiger partial charge in [-0.2, -0.15) is 0 Å². The highest BCUT2D eigenvalue weighted by atomic mass is 16.4. The maximum atomic E-state index is 12.8. The molecule has 36 heavy (non-hydrogen) atoms. The minimum Gasteiger partial charge on any atom is -0.481 e. The van der Waals surface area contributed by atoms with Crippen LogP contribution in [0.5, 0.6) is 0 Å². The zero-order valence-corrected chi connectivity index (χ0v) is 19.1. The number of carboxylic acids is 3. The van der Waals surface area contributed by atoms with E-state index >= 15 is 0 Å². The van der Waals surface area contributed by atoms with Crippen LogP contribution in [0.4, 0.5) is 0 Å². The van der Waals surface area contributed by atoms with Crippen molar-refractivity contribution in [2.24, 2.45) is 17.2 Å². The van der Waals surface area contributed by atoms with Gasteiger partial charge in [0.15, 0.2) is 0 Å². The molecule has 12 N–H and O–H groups in total. The molecule has 0 saturated carbocycles. The van der Waals surface area contributed by atoms with Crippen LogP contribution < -0.4 is 33.2 Å². The minimum absolute atomic E-state index is 0.404. The number of nitrogens with two attached hydrogens (primary N) is 3. The van der Waals surface area contributed by atoms with E-state index in [1.165, 1.54) is 0 Å². The summed E-state index contributed by atoms with van der Waals surface area (Å²) in [5, 5.41) is 33.3. The van der Waals surface area contributed by atoms with Gasteiger partial charge < -0.3 is 48.5 Å². The molecule has 0 aromatic rings. The fraction of sp³-hybridized carbons (Fsp3) is 0.579. The minimum atomic E-state index is -1.64. The van der Waals surface area contributed by atoms with Crippen LogP contribution in [0.25, 0.3) is 0 Å². The molecule has 0 heterocycles. The Morgan fingerprint density at radius 2 is 0.972 bits per heavy atom. The predicted molar refractivity (Wildman–Crippen MR) is 117 cm³/mol. The largest absolute Gasteiger partial charge is 0.481 e. The van der Waals surface area contributed by atoms with Gasteiger partial charge in [0.25, 0.3) is 0 Å². The molecule has 17 heteroatoms. The molecular weight excluding hydrogens is 488 g/mol. The Bertz CT molecular complexity index is 878. The summed E-state index contributed by atoms with van der Waals surface area (Å²) in [6, 6.07) is -6.23. The van der Waals surface area contributed by atoms with Crippen molar-refractivity contribution in [1.29, 1.82) is 0 Å². The van der Waals surface area contributed by atoms with Crippen molar-refractivity contribution >= 4 is 47.4 Å². The molecule has 0 aliphatic carbocycles. The zero-order chi connectivity index (χ0) is 28.0. The Kier molecular flexibility index (Phi) is 13.7. The van der Waals surface area contributed by atoms with E-state index in [0.717, 1.165) is 0 Å². The van der Waals surface area contributed by atoms with Crippen molar-refractivity contribution in [3.8, 4) is 0 Å². The number of amides is 5. The topological polar surface area (TPSA) is 311 Å². The Labute approximate surface area is 204 Å². The normalized spacial score (nSPS) is 13.8. The Morgan fingerprint density at radius 1 is 0.583 bits per heavy atom. The molecule has 4 unspecified atom stereocenters. The van der Waals surface area contributed by atoms with Gasteiger partial charge >= 0.3 is 17.9 Å². The summed E-state index contributed by atoms with van der Waals surface area (Å²) in [6.07, 6.45) is -3.55. The van der Waals surface area contributed by atoms with Crippen LogP contribution in [0.1, 0.15) is 44.9 Å². The van der Waals surface area contributed by atoms with Crippen molar-refractivity contribution in [2.45, 2.75) is 69.1 Å². The summed E-state index contributed by atoms with van der Waals surface area (Å²) in [7, 11) is 0. The molecule has 17 nitrogen and oxygen atoms in total. The second kappa shape index (κ2) is 15.6. The number of carboxylic acid groups (broad SMARTS) is 3. The summed E-state index contributed by atoms with van der Waals surface area (Å²) in [5.74, 6) is -9.18. The van der Waals surface area contributed by atoms with E-state index in [2.05, 4.69) is 10.6 Å². The molecule has 0 aliphatic heterocycles. The van der Waals surface area contributed by atoms with Crippen LogP contribution in [0.2, 0.25) is 0 Å². The summed E-state index contributed by atoms with van der Waals surface area (Å²) >= 11 is 0. The van der Waals surface area contributed by atoms with Gasteiger partial charge in [-0.1, -0.05) is 0 Å². The van der Waals surface area contributed by atoms with Crippen LogP contribution >= 0.6 is 0 Å². The molecule has 0 aliphatic rings. The molecular formula is C19H30N6O11. The molecule has 0 aromatic heterocycles. The molecule has 0 spiro atoms. The van der Waals surface area contributed by atoms with Gasteiger partial charge in [-0.25, -0.2) is 4.79 Å². The Balaban J connectivity index is 5.66. The average molecular weight is 518 g/mol. The molecule has 0 saturated heterocycles. The van der Waals surface area contributed by atoms with Gasteiger partial charge in [0.2, 0.25) is 29.5 Å². The number of aliphatic carboxylic acids is 3. The smallest absolute Gasteiger partial charge is 0.326 e. The third kappa shape index (κ3) is 13.4. The fourth-order valence-electron chi connectivity index (χ4n) is 2.75. The lowest BCUT2D eigenvalue weighted by atomic mass is 10.1. The van der Waals surface area contributed by atoms with Crippen LogP contribution in [-0.2, 0) is 38.4 Å². The zero-order valence-electron chi connectivity index (χ0n) is 19.1. The molecule has 0 fully saturated rings. The number of primary amides is 2. The van der Waals surface area contributed by atoms with E-state index in [0.29, 0.717) is 0 Å². The third-order valence-electron chi connectivity index (χ3n) is 4.61. The quantitative estimate of drug-likeness (QED) is 0.0832. The molecule has 4 atom stereocenters. The van der Waals surface area contributed by atoms with Crippen LogP contribution in [0.3, 0.4) is 0 Å². The molecule has 202 valence electrons. The molecule has 0 rings (SSSR count). The lowest BCUT2D eigenvalue weighted by Gasteiger charge is -2.24. The van der Waals surface area contributed by atoms with Gasteiger partial charge in [0.1, 0.15) is 18.1 Å². The summed E-state index contributed by atoms with van der Waals surface area (Å²) in [6.45, 7) is 0. The molecule has 0 aromatic carbocycles. The molecule has 0 radical (unpaired) electrons. The molecule has 5 amide bonds. The second-order valence-electron chi connectivity index (χ2n) is 7.67. The number of hydrogen-bond acceptors (Lipinski definition) is 9. The standard InChI is InChI=1S/C19H30N6O11/c20-8(7-13(22)27)16(32)23-10(2-5-14(28)29)17(33)24-9(1-4-12(21)26)18(34)25-11(19(35)36)3-6-15(30)31/h8-11H,1-7,20H2,(H2,21,26)(H2,22,27)(H,23,32)(H,24,33)(H,25,34)(H,28,29)(H,30,31)(H,35,36). The summed E-state index contributed by atoms with van der Waals surface area (Å²) in [5.41, 5.74) is 15.5. The summed E-state index contributed by atoms with van der Waals surface area (Å²) in [4.78, 5) is 92.8. The van der Waals surface area contributed by atoms with E-state index < -0.39 is 117 Å². The monoisotopic (exact) mass is 518 g/mol. The maximum Gasteiger partial charge on any atom is 0.326 e. The van der Waals surface area contributed by atoms with Crippen molar-refractivity contribution in [1.82, 2.24) is 16.0 Å². The first-order valence-corrected chi connectivity index (χ1v) is 10.5. The van der Waals surface area contributed by atoms with Crippen molar-refractivity contribution < 1.29 is 53.7 Å². The lowest BCUT2D eigenvalue weighted by molar-refractivity contribution is -0.143.